The molecule has 1 nitrogen and oxygen atoms in total. The molecule has 0 unspecified atom stereocenters. The Labute approximate surface area is 99.5 Å². The van der Waals surface area contributed by atoms with Crippen molar-refractivity contribution in [3.8, 4) is 5.75 Å². The molecule has 1 aromatic rings. The van der Waals surface area contributed by atoms with Gasteiger partial charge in [-0.3, -0.25) is 0 Å². The molecule has 0 N–H and O–H groups in total. The molecule has 0 fully saturated rings. The van der Waals surface area contributed by atoms with E-state index in [1.807, 2.05) is 6.07 Å². The van der Waals surface area contributed by atoms with Gasteiger partial charge in [-0.25, -0.2) is 0 Å². The maximum atomic E-state index is 12.1. The van der Waals surface area contributed by atoms with Gasteiger partial charge in [0.05, 0.1) is 0 Å². The number of hydrogen-bond acceptors (Lipinski definition) is 1. The molecule has 0 saturated carbocycles. The summed E-state index contributed by atoms with van der Waals surface area (Å²) in [5, 5.41) is 12.1. The SMILES string of the molecule is Cc1ccc([O-])c(C(C)(C)C)c1C(C)(C)C. The quantitative estimate of drug-likeness (QED) is 0.653. The van der Waals surface area contributed by atoms with Gasteiger partial charge in [-0.1, -0.05) is 53.7 Å². The molecular formula is C15H23O-. The Hall–Kier alpha value is -0.980. The molecule has 16 heavy (non-hydrogen) atoms. The van der Waals surface area contributed by atoms with Crippen LogP contribution in [-0.4, -0.2) is 0 Å². The van der Waals surface area contributed by atoms with Gasteiger partial charge < -0.3 is 5.11 Å². The van der Waals surface area contributed by atoms with Crippen molar-refractivity contribution >= 4 is 0 Å². The van der Waals surface area contributed by atoms with E-state index in [-0.39, 0.29) is 16.6 Å². The van der Waals surface area contributed by atoms with Crippen LogP contribution in [0.5, 0.6) is 5.75 Å². The highest BCUT2D eigenvalue weighted by atomic mass is 16.3. The van der Waals surface area contributed by atoms with E-state index in [4.69, 9.17) is 0 Å². The Balaban J connectivity index is 3.64. The molecule has 1 rings (SSSR count). The molecule has 90 valence electrons. The summed E-state index contributed by atoms with van der Waals surface area (Å²) in [5.41, 5.74) is 3.34. The Bertz CT molecular complexity index is 350. The van der Waals surface area contributed by atoms with Crippen molar-refractivity contribution in [2.24, 2.45) is 0 Å². The van der Waals surface area contributed by atoms with E-state index in [0.29, 0.717) is 0 Å². The zero-order chi connectivity index (χ0) is 12.7. The third-order valence-corrected chi connectivity index (χ3v) is 2.88. The monoisotopic (exact) mass is 219 g/mol. The van der Waals surface area contributed by atoms with Gasteiger partial charge in [-0.2, -0.15) is 0 Å². The second kappa shape index (κ2) is 3.80. The van der Waals surface area contributed by atoms with E-state index >= 15 is 0 Å². The van der Waals surface area contributed by atoms with Gasteiger partial charge in [0.1, 0.15) is 0 Å². The minimum absolute atomic E-state index is 0.0209. The van der Waals surface area contributed by atoms with Crippen LogP contribution in [0.15, 0.2) is 12.1 Å². The maximum absolute atomic E-state index is 12.1. The molecule has 1 heteroatoms. The van der Waals surface area contributed by atoms with E-state index in [0.717, 1.165) is 5.56 Å². The minimum atomic E-state index is -0.0916. The smallest absolute Gasteiger partial charge is 0.0127 e. The van der Waals surface area contributed by atoms with Crippen LogP contribution >= 0.6 is 0 Å². The molecule has 0 heterocycles. The van der Waals surface area contributed by atoms with E-state index in [2.05, 4.69) is 48.5 Å². The lowest BCUT2D eigenvalue weighted by Gasteiger charge is -2.35. The predicted molar refractivity (Wildman–Crippen MR) is 68.0 cm³/mol. The van der Waals surface area contributed by atoms with Crippen LogP contribution in [0.2, 0.25) is 0 Å². The second-order valence-corrected chi connectivity index (χ2v) is 6.63. The number of benzene rings is 1. The van der Waals surface area contributed by atoms with Crippen molar-refractivity contribution in [2.45, 2.75) is 59.3 Å². The highest BCUT2D eigenvalue weighted by Gasteiger charge is 2.26. The lowest BCUT2D eigenvalue weighted by Crippen LogP contribution is -2.25. The van der Waals surface area contributed by atoms with Gasteiger partial charge in [-0.15, -0.1) is 5.75 Å². The lowest BCUT2D eigenvalue weighted by molar-refractivity contribution is -0.270. The molecule has 0 atom stereocenters. The van der Waals surface area contributed by atoms with Crippen LogP contribution in [0.25, 0.3) is 0 Å². The average Bonchev–Trinajstić information content (AvgIpc) is 2.04. The minimum Gasteiger partial charge on any atom is -0.872 e. The molecule has 0 radical (unpaired) electrons. The molecule has 0 bridgehead atoms. The molecule has 1 aromatic carbocycles. The largest absolute Gasteiger partial charge is 0.872 e. The summed E-state index contributed by atoms with van der Waals surface area (Å²) in [6.45, 7) is 14.9. The number of rotatable bonds is 0. The summed E-state index contributed by atoms with van der Waals surface area (Å²) < 4.78 is 0. The van der Waals surface area contributed by atoms with Gasteiger partial charge in [0, 0.05) is 0 Å². The standard InChI is InChI=1S/C15H24O/c1-10-8-9-11(16)13(15(5,6)7)12(10)14(2,3)4/h8-9,16H,1-7H3/p-1. The molecule has 0 saturated heterocycles. The van der Waals surface area contributed by atoms with Gasteiger partial charge >= 0.3 is 0 Å². The van der Waals surface area contributed by atoms with Crippen LogP contribution < -0.4 is 5.11 Å². The Morgan fingerprint density at radius 1 is 0.812 bits per heavy atom. The van der Waals surface area contributed by atoms with Crippen molar-refractivity contribution in [2.75, 3.05) is 0 Å². The van der Waals surface area contributed by atoms with E-state index < -0.39 is 0 Å². The van der Waals surface area contributed by atoms with Gasteiger partial charge in [0.2, 0.25) is 0 Å². The van der Waals surface area contributed by atoms with Crippen LogP contribution in [0, 0.1) is 6.92 Å². The summed E-state index contributed by atoms with van der Waals surface area (Å²) in [5.74, 6) is 0.169. The van der Waals surface area contributed by atoms with E-state index in [1.54, 1.807) is 6.07 Å². The third-order valence-electron chi connectivity index (χ3n) is 2.88. The Kier molecular flexibility index (Phi) is 3.11. The van der Waals surface area contributed by atoms with E-state index in [1.165, 1.54) is 11.1 Å². The summed E-state index contributed by atoms with van der Waals surface area (Å²) in [6.07, 6.45) is 0. The molecule has 0 spiro atoms. The first-order valence-electron chi connectivity index (χ1n) is 5.86. The van der Waals surface area contributed by atoms with Crippen molar-refractivity contribution in [1.29, 1.82) is 0 Å². The molecular weight excluding hydrogens is 196 g/mol. The normalized spacial score (nSPS) is 12.9. The van der Waals surface area contributed by atoms with Crippen molar-refractivity contribution in [3.05, 3.63) is 28.8 Å². The van der Waals surface area contributed by atoms with Gasteiger partial charge in [0.25, 0.3) is 0 Å². The molecule has 0 aliphatic rings. The first kappa shape index (κ1) is 13.1. The zero-order valence-electron chi connectivity index (χ0n) is 11.6. The Morgan fingerprint density at radius 3 is 1.56 bits per heavy atom. The summed E-state index contributed by atoms with van der Waals surface area (Å²) in [6, 6.07) is 3.64. The highest BCUT2D eigenvalue weighted by Crippen LogP contribution is 2.39. The first-order chi connectivity index (χ1) is 7.05. The van der Waals surface area contributed by atoms with Crippen LogP contribution in [0.3, 0.4) is 0 Å². The van der Waals surface area contributed by atoms with Gasteiger partial charge in [0.15, 0.2) is 0 Å². The Morgan fingerprint density at radius 2 is 1.25 bits per heavy atom. The zero-order valence-corrected chi connectivity index (χ0v) is 11.6. The number of hydrogen-bond donors (Lipinski definition) is 0. The van der Waals surface area contributed by atoms with Gasteiger partial charge in [-0.05, 0) is 34.4 Å². The average molecular weight is 219 g/mol. The molecule has 0 amide bonds. The predicted octanol–water partition coefficient (Wildman–Crippen LogP) is 3.66. The van der Waals surface area contributed by atoms with Crippen LogP contribution in [0.4, 0.5) is 0 Å². The maximum Gasteiger partial charge on any atom is -0.0127 e. The summed E-state index contributed by atoms with van der Waals surface area (Å²) in [7, 11) is 0. The third kappa shape index (κ3) is 2.40. The first-order valence-corrected chi connectivity index (χ1v) is 5.86. The highest BCUT2D eigenvalue weighted by molar-refractivity contribution is 5.50. The molecule has 0 aromatic heterocycles. The van der Waals surface area contributed by atoms with Crippen LogP contribution in [-0.2, 0) is 10.8 Å². The fourth-order valence-corrected chi connectivity index (χ4v) is 2.40. The molecule has 0 aliphatic heterocycles. The summed E-state index contributed by atoms with van der Waals surface area (Å²) >= 11 is 0. The topological polar surface area (TPSA) is 23.1 Å². The molecule has 0 aliphatic carbocycles. The second-order valence-electron chi connectivity index (χ2n) is 6.63. The van der Waals surface area contributed by atoms with E-state index in [9.17, 15) is 5.11 Å². The van der Waals surface area contributed by atoms with Crippen molar-refractivity contribution in [3.63, 3.8) is 0 Å². The van der Waals surface area contributed by atoms with Crippen molar-refractivity contribution < 1.29 is 5.11 Å². The summed E-state index contributed by atoms with van der Waals surface area (Å²) in [4.78, 5) is 0. The van der Waals surface area contributed by atoms with Crippen LogP contribution in [0.1, 0.15) is 58.2 Å². The fourth-order valence-electron chi connectivity index (χ4n) is 2.40. The number of aryl methyl sites for hydroxylation is 1. The lowest BCUT2D eigenvalue weighted by atomic mass is 9.73. The van der Waals surface area contributed by atoms with Crippen molar-refractivity contribution in [1.82, 2.24) is 0 Å². The fraction of sp³-hybridized carbons (Fsp3) is 0.600.